The Morgan fingerprint density at radius 3 is 2.82 bits per heavy atom. The first-order chi connectivity index (χ1) is 10.6. The molecule has 1 saturated heterocycles. The zero-order valence-corrected chi connectivity index (χ0v) is 14.0. The van der Waals surface area contributed by atoms with Crippen molar-refractivity contribution < 1.29 is 4.79 Å². The molecule has 0 spiro atoms. The van der Waals surface area contributed by atoms with Gasteiger partial charge in [0.05, 0.1) is 6.04 Å². The van der Waals surface area contributed by atoms with Crippen molar-refractivity contribution in [1.82, 2.24) is 15.5 Å². The summed E-state index contributed by atoms with van der Waals surface area (Å²) in [7, 11) is 2.13. The van der Waals surface area contributed by atoms with Crippen LogP contribution in [0.25, 0.3) is 10.1 Å². The van der Waals surface area contributed by atoms with Crippen molar-refractivity contribution in [2.75, 3.05) is 20.1 Å². The molecule has 1 fully saturated rings. The average Bonchev–Trinajstić information content (AvgIpc) is 2.93. The van der Waals surface area contributed by atoms with E-state index in [2.05, 4.69) is 40.1 Å². The topological polar surface area (TPSA) is 44.4 Å². The number of thiophene rings is 1. The Balaban J connectivity index is 1.59. The number of rotatable bonds is 3. The summed E-state index contributed by atoms with van der Waals surface area (Å²) < 4.78 is 1.27. The molecule has 2 N–H and O–H groups in total. The Bertz CT molecular complexity index is 646. The molecule has 22 heavy (non-hydrogen) atoms. The summed E-state index contributed by atoms with van der Waals surface area (Å²) >= 11 is 1.73. The van der Waals surface area contributed by atoms with Crippen LogP contribution in [0.3, 0.4) is 0 Å². The lowest BCUT2D eigenvalue weighted by atomic mass is 10.1. The molecule has 0 saturated carbocycles. The van der Waals surface area contributed by atoms with Gasteiger partial charge in [0.1, 0.15) is 0 Å². The van der Waals surface area contributed by atoms with Crippen molar-refractivity contribution in [2.24, 2.45) is 0 Å². The number of urea groups is 1. The molecule has 1 aliphatic heterocycles. The third kappa shape index (κ3) is 3.42. The number of nitrogens with one attached hydrogen (secondary N) is 2. The van der Waals surface area contributed by atoms with Crippen LogP contribution in [0.4, 0.5) is 4.79 Å². The molecular formula is C17H23N3OS. The highest BCUT2D eigenvalue weighted by atomic mass is 32.1. The van der Waals surface area contributed by atoms with Gasteiger partial charge in [-0.2, -0.15) is 0 Å². The summed E-state index contributed by atoms with van der Waals surface area (Å²) in [5.74, 6) is 0. The summed E-state index contributed by atoms with van der Waals surface area (Å²) in [6.45, 7) is 4.15. The van der Waals surface area contributed by atoms with Crippen molar-refractivity contribution >= 4 is 27.5 Å². The van der Waals surface area contributed by atoms with Gasteiger partial charge in [0, 0.05) is 10.7 Å². The number of hydrogen-bond acceptors (Lipinski definition) is 3. The molecule has 0 aliphatic carbocycles. The van der Waals surface area contributed by atoms with Gasteiger partial charge >= 0.3 is 6.03 Å². The van der Waals surface area contributed by atoms with Crippen LogP contribution in [-0.4, -0.2) is 37.1 Å². The number of fused-ring (bicyclic) bond motifs is 1. The smallest absolute Gasteiger partial charge is 0.315 e. The maximum absolute atomic E-state index is 12.2. The van der Waals surface area contributed by atoms with Crippen LogP contribution in [0.1, 0.15) is 31.4 Å². The average molecular weight is 317 g/mol. The zero-order valence-electron chi connectivity index (χ0n) is 13.1. The minimum absolute atomic E-state index is 0.0161. The molecule has 1 aromatic carbocycles. The first kappa shape index (κ1) is 15.3. The van der Waals surface area contributed by atoms with E-state index < -0.39 is 0 Å². The van der Waals surface area contributed by atoms with E-state index in [-0.39, 0.29) is 12.1 Å². The Hall–Kier alpha value is -1.59. The van der Waals surface area contributed by atoms with Gasteiger partial charge in [-0.1, -0.05) is 18.2 Å². The fourth-order valence-electron chi connectivity index (χ4n) is 2.99. The van der Waals surface area contributed by atoms with Gasteiger partial charge in [0.15, 0.2) is 0 Å². The lowest BCUT2D eigenvalue weighted by molar-refractivity contribution is 0.212. The Morgan fingerprint density at radius 2 is 2.05 bits per heavy atom. The van der Waals surface area contributed by atoms with E-state index in [0.717, 1.165) is 25.9 Å². The Kier molecular flexibility index (Phi) is 4.64. The number of nitrogens with zero attached hydrogens (tertiary/aromatic N) is 1. The van der Waals surface area contributed by atoms with Crippen LogP contribution < -0.4 is 10.6 Å². The minimum atomic E-state index is -0.0580. The van der Waals surface area contributed by atoms with Crippen LogP contribution >= 0.6 is 11.3 Å². The van der Waals surface area contributed by atoms with Gasteiger partial charge in [0.2, 0.25) is 0 Å². The quantitative estimate of drug-likeness (QED) is 0.912. The van der Waals surface area contributed by atoms with Crippen molar-refractivity contribution in [3.8, 4) is 0 Å². The van der Waals surface area contributed by atoms with E-state index in [0.29, 0.717) is 6.04 Å². The molecule has 0 unspecified atom stereocenters. The number of carbonyl (C=O) groups excluding carboxylic acids is 1. The second-order valence-electron chi connectivity index (χ2n) is 6.10. The van der Waals surface area contributed by atoms with E-state index >= 15 is 0 Å². The van der Waals surface area contributed by atoms with Crippen molar-refractivity contribution in [1.29, 1.82) is 0 Å². The van der Waals surface area contributed by atoms with E-state index in [1.165, 1.54) is 15.6 Å². The monoisotopic (exact) mass is 317 g/mol. The van der Waals surface area contributed by atoms with Crippen LogP contribution in [0.2, 0.25) is 0 Å². The summed E-state index contributed by atoms with van der Waals surface area (Å²) in [6, 6.07) is 8.59. The van der Waals surface area contributed by atoms with Gasteiger partial charge in [-0.05, 0) is 62.3 Å². The Morgan fingerprint density at radius 1 is 1.32 bits per heavy atom. The van der Waals surface area contributed by atoms with E-state index in [9.17, 15) is 4.79 Å². The first-order valence-electron chi connectivity index (χ1n) is 7.85. The standard InChI is InChI=1S/C17H23N3OS/c1-12(15-11-22-16-6-4-3-5-14(15)16)18-17(21)19-13-7-9-20(2)10-8-13/h3-6,11-13H,7-10H2,1-2H3,(H2,18,19,21)/t12-/m0/s1. The van der Waals surface area contributed by atoms with Gasteiger partial charge < -0.3 is 15.5 Å². The maximum Gasteiger partial charge on any atom is 0.315 e. The zero-order chi connectivity index (χ0) is 15.5. The van der Waals surface area contributed by atoms with Crippen molar-refractivity contribution in [3.63, 3.8) is 0 Å². The molecule has 0 bridgehead atoms. The predicted molar refractivity (Wildman–Crippen MR) is 92.4 cm³/mol. The molecule has 1 aromatic heterocycles. The summed E-state index contributed by atoms with van der Waals surface area (Å²) in [5.41, 5.74) is 1.19. The summed E-state index contributed by atoms with van der Waals surface area (Å²) in [5, 5.41) is 9.56. The highest BCUT2D eigenvalue weighted by Gasteiger charge is 2.20. The van der Waals surface area contributed by atoms with E-state index in [1.807, 2.05) is 19.1 Å². The highest BCUT2D eigenvalue weighted by Crippen LogP contribution is 2.29. The molecule has 2 aromatic rings. The number of piperidine rings is 1. The Labute approximate surface area is 135 Å². The molecule has 5 heteroatoms. The summed E-state index contributed by atoms with van der Waals surface area (Å²) in [6.07, 6.45) is 2.05. The van der Waals surface area contributed by atoms with E-state index in [4.69, 9.17) is 0 Å². The normalized spacial score (nSPS) is 18.3. The number of carbonyl (C=O) groups is 1. The number of amides is 2. The van der Waals surface area contributed by atoms with Gasteiger partial charge in [-0.15, -0.1) is 11.3 Å². The van der Waals surface area contributed by atoms with Gasteiger partial charge in [-0.3, -0.25) is 0 Å². The van der Waals surface area contributed by atoms with Crippen molar-refractivity contribution in [3.05, 3.63) is 35.2 Å². The minimum Gasteiger partial charge on any atom is -0.335 e. The van der Waals surface area contributed by atoms with Crippen molar-refractivity contribution in [2.45, 2.75) is 31.8 Å². The lowest BCUT2D eigenvalue weighted by Gasteiger charge is -2.29. The molecular weight excluding hydrogens is 294 g/mol. The van der Waals surface area contributed by atoms with Crippen LogP contribution in [0, 0.1) is 0 Å². The number of likely N-dealkylation sites (tertiary alicyclic amines) is 1. The third-order valence-corrected chi connectivity index (χ3v) is 5.36. The number of hydrogen-bond donors (Lipinski definition) is 2. The summed E-state index contributed by atoms with van der Waals surface area (Å²) in [4.78, 5) is 14.5. The molecule has 1 atom stereocenters. The second kappa shape index (κ2) is 6.67. The molecule has 1 aliphatic rings. The van der Waals surface area contributed by atoms with Crippen LogP contribution in [0.5, 0.6) is 0 Å². The molecule has 3 rings (SSSR count). The SMILES string of the molecule is C[C@H](NC(=O)NC1CCN(C)CC1)c1csc2ccccc12. The van der Waals surface area contributed by atoms with Gasteiger partial charge in [0.25, 0.3) is 0 Å². The van der Waals surface area contributed by atoms with Crippen LogP contribution in [0.15, 0.2) is 29.6 Å². The fraction of sp³-hybridized carbons (Fsp3) is 0.471. The maximum atomic E-state index is 12.2. The van der Waals surface area contributed by atoms with Gasteiger partial charge in [-0.25, -0.2) is 4.79 Å². The molecule has 2 amide bonds. The molecule has 0 radical (unpaired) electrons. The largest absolute Gasteiger partial charge is 0.335 e. The highest BCUT2D eigenvalue weighted by molar-refractivity contribution is 7.17. The van der Waals surface area contributed by atoms with Crippen LogP contribution in [-0.2, 0) is 0 Å². The second-order valence-corrected chi connectivity index (χ2v) is 7.02. The fourth-order valence-corrected chi connectivity index (χ4v) is 4.04. The first-order valence-corrected chi connectivity index (χ1v) is 8.73. The lowest BCUT2D eigenvalue weighted by Crippen LogP contribution is -2.47. The molecule has 4 nitrogen and oxygen atoms in total. The predicted octanol–water partition coefficient (Wildman–Crippen LogP) is 3.36. The molecule has 118 valence electrons. The number of benzene rings is 1. The van der Waals surface area contributed by atoms with E-state index in [1.54, 1.807) is 11.3 Å². The molecule has 2 heterocycles. The third-order valence-electron chi connectivity index (χ3n) is 4.38.